The molecule has 2 rings (SSSR count). The van der Waals surface area contributed by atoms with Gasteiger partial charge in [0.05, 0.1) is 0 Å². The van der Waals surface area contributed by atoms with Crippen molar-refractivity contribution in [2.75, 3.05) is 13.2 Å². The number of carbonyl (C=O) groups is 1. The average Bonchev–Trinajstić information content (AvgIpc) is 2.49. The first-order chi connectivity index (χ1) is 9.79. The lowest BCUT2D eigenvalue weighted by Gasteiger charge is -2.22. The Labute approximate surface area is 120 Å². The van der Waals surface area contributed by atoms with Crippen LogP contribution in [0.25, 0.3) is 0 Å². The Morgan fingerprint density at radius 3 is 2.95 bits per heavy atom. The topological polar surface area (TPSA) is 64.1 Å². The SMILES string of the molecule is CCCCCc1nccc(C(=O)NC2CCOCC2)n1. The minimum atomic E-state index is -0.101. The van der Waals surface area contributed by atoms with Crippen LogP contribution in [0.2, 0.25) is 0 Å². The fraction of sp³-hybridized carbons (Fsp3) is 0.667. The molecule has 1 aromatic rings. The molecule has 0 aliphatic carbocycles. The maximum Gasteiger partial charge on any atom is 0.270 e. The molecule has 1 aliphatic heterocycles. The van der Waals surface area contributed by atoms with Crippen molar-refractivity contribution in [3.8, 4) is 0 Å². The van der Waals surface area contributed by atoms with E-state index in [0.29, 0.717) is 5.69 Å². The molecule has 5 nitrogen and oxygen atoms in total. The largest absolute Gasteiger partial charge is 0.381 e. The molecule has 0 atom stereocenters. The lowest BCUT2D eigenvalue weighted by atomic mass is 10.1. The zero-order valence-corrected chi connectivity index (χ0v) is 12.1. The number of unbranched alkanes of at least 4 members (excludes halogenated alkanes) is 2. The third kappa shape index (κ3) is 4.56. The Balaban J connectivity index is 1.89. The molecule has 5 heteroatoms. The van der Waals surface area contributed by atoms with Crippen molar-refractivity contribution < 1.29 is 9.53 Å². The molecule has 0 radical (unpaired) electrons. The molecular formula is C15H23N3O2. The Morgan fingerprint density at radius 2 is 2.20 bits per heavy atom. The number of ether oxygens (including phenoxy) is 1. The summed E-state index contributed by atoms with van der Waals surface area (Å²) >= 11 is 0. The molecule has 1 aromatic heterocycles. The van der Waals surface area contributed by atoms with Gasteiger partial charge in [0.1, 0.15) is 11.5 Å². The number of rotatable bonds is 6. The highest BCUT2D eigenvalue weighted by Crippen LogP contribution is 2.08. The van der Waals surface area contributed by atoms with Crippen LogP contribution in [-0.2, 0) is 11.2 Å². The lowest BCUT2D eigenvalue weighted by molar-refractivity contribution is 0.0694. The minimum Gasteiger partial charge on any atom is -0.381 e. The van der Waals surface area contributed by atoms with E-state index in [0.717, 1.165) is 44.7 Å². The van der Waals surface area contributed by atoms with Crippen LogP contribution < -0.4 is 5.32 Å². The molecule has 1 N–H and O–H groups in total. The van der Waals surface area contributed by atoms with Crippen molar-refractivity contribution in [3.05, 3.63) is 23.8 Å². The Hall–Kier alpha value is -1.49. The first kappa shape index (κ1) is 14.9. The number of hydrogen-bond acceptors (Lipinski definition) is 4. The van der Waals surface area contributed by atoms with Crippen LogP contribution in [-0.4, -0.2) is 35.1 Å². The molecule has 1 fully saturated rings. The van der Waals surface area contributed by atoms with E-state index in [1.54, 1.807) is 12.3 Å². The van der Waals surface area contributed by atoms with Crippen LogP contribution >= 0.6 is 0 Å². The van der Waals surface area contributed by atoms with Gasteiger partial charge in [-0.1, -0.05) is 19.8 Å². The first-order valence-corrected chi connectivity index (χ1v) is 7.50. The summed E-state index contributed by atoms with van der Waals surface area (Å²) in [4.78, 5) is 20.7. The summed E-state index contributed by atoms with van der Waals surface area (Å²) in [5.74, 6) is 0.661. The van der Waals surface area contributed by atoms with Crippen molar-refractivity contribution in [2.24, 2.45) is 0 Å². The molecular weight excluding hydrogens is 254 g/mol. The van der Waals surface area contributed by atoms with Gasteiger partial charge in [0.25, 0.3) is 5.91 Å². The van der Waals surface area contributed by atoms with E-state index in [2.05, 4.69) is 22.2 Å². The van der Waals surface area contributed by atoms with Crippen molar-refractivity contribution in [1.29, 1.82) is 0 Å². The van der Waals surface area contributed by atoms with E-state index in [9.17, 15) is 4.79 Å². The smallest absolute Gasteiger partial charge is 0.270 e. The van der Waals surface area contributed by atoms with E-state index in [1.165, 1.54) is 12.8 Å². The van der Waals surface area contributed by atoms with Crippen LogP contribution in [0.15, 0.2) is 12.3 Å². The van der Waals surface area contributed by atoms with Gasteiger partial charge in [-0.15, -0.1) is 0 Å². The summed E-state index contributed by atoms with van der Waals surface area (Å²) in [5.41, 5.74) is 0.470. The van der Waals surface area contributed by atoms with Gasteiger partial charge < -0.3 is 10.1 Å². The summed E-state index contributed by atoms with van der Waals surface area (Å²) in [6.07, 6.45) is 7.67. The molecule has 2 heterocycles. The average molecular weight is 277 g/mol. The van der Waals surface area contributed by atoms with Gasteiger partial charge in [-0.25, -0.2) is 9.97 Å². The quantitative estimate of drug-likeness (QED) is 0.809. The molecule has 0 unspecified atom stereocenters. The summed E-state index contributed by atoms with van der Waals surface area (Å²) in [5, 5.41) is 3.02. The lowest BCUT2D eigenvalue weighted by Crippen LogP contribution is -2.39. The Morgan fingerprint density at radius 1 is 1.40 bits per heavy atom. The summed E-state index contributed by atoms with van der Waals surface area (Å²) in [7, 11) is 0. The van der Waals surface area contributed by atoms with Gasteiger partial charge in [-0.2, -0.15) is 0 Å². The number of aryl methyl sites for hydroxylation is 1. The maximum absolute atomic E-state index is 12.2. The number of aromatic nitrogens is 2. The van der Waals surface area contributed by atoms with E-state index < -0.39 is 0 Å². The second-order valence-electron chi connectivity index (χ2n) is 5.18. The number of amides is 1. The van der Waals surface area contributed by atoms with Crippen molar-refractivity contribution in [1.82, 2.24) is 15.3 Å². The van der Waals surface area contributed by atoms with E-state index >= 15 is 0 Å². The molecule has 1 aliphatic rings. The van der Waals surface area contributed by atoms with Crippen LogP contribution in [0.3, 0.4) is 0 Å². The highest BCUT2D eigenvalue weighted by atomic mass is 16.5. The number of nitrogens with one attached hydrogen (secondary N) is 1. The van der Waals surface area contributed by atoms with Gasteiger partial charge in [0.2, 0.25) is 0 Å². The molecule has 20 heavy (non-hydrogen) atoms. The molecule has 0 spiro atoms. The predicted octanol–water partition coefficient (Wildman–Crippen LogP) is 2.12. The fourth-order valence-electron chi connectivity index (χ4n) is 2.28. The minimum absolute atomic E-state index is 0.101. The third-order valence-electron chi connectivity index (χ3n) is 3.50. The molecule has 110 valence electrons. The van der Waals surface area contributed by atoms with Gasteiger partial charge in [-0.3, -0.25) is 4.79 Å². The zero-order valence-electron chi connectivity index (χ0n) is 12.1. The van der Waals surface area contributed by atoms with Crippen LogP contribution in [0.1, 0.15) is 55.3 Å². The number of nitrogens with zero attached hydrogens (tertiary/aromatic N) is 2. The third-order valence-corrected chi connectivity index (χ3v) is 3.50. The Kier molecular flexibility index (Phi) is 5.92. The molecule has 0 bridgehead atoms. The summed E-state index contributed by atoms with van der Waals surface area (Å²) in [6, 6.07) is 1.88. The fourth-order valence-corrected chi connectivity index (χ4v) is 2.28. The normalized spacial score (nSPS) is 16.1. The maximum atomic E-state index is 12.2. The number of carbonyl (C=O) groups excluding carboxylic acids is 1. The van der Waals surface area contributed by atoms with Crippen LogP contribution in [0.5, 0.6) is 0 Å². The second kappa shape index (κ2) is 7.94. The van der Waals surface area contributed by atoms with Crippen LogP contribution in [0, 0.1) is 0 Å². The summed E-state index contributed by atoms with van der Waals surface area (Å²) in [6.45, 7) is 3.60. The highest BCUT2D eigenvalue weighted by molar-refractivity contribution is 5.92. The van der Waals surface area contributed by atoms with Gasteiger partial charge in [0, 0.05) is 31.9 Å². The zero-order chi connectivity index (χ0) is 14.2. The second-order valence-corrected chi connectivity index (χ2v) is 5.18. The standard InChI is InChI=1S/C15H23N3O2/c1-2-3-4-5-14-16-9-6-13(18-14)15(19)17-12-7-10-20-11-8-12/h6,9,12H,2-5,7-8,10-11H2,1H3,(H,17,19). The van der Waals surface area contributed by atoms with E-state index in [4.69, 9.17) is 4.74 Å². The predicted molar refractivity (Wildman–Crippen MR) is 76.6 cm³/mol. The monoisotopic (exact) mass is 277 g/mol. The molecule has 0 aromatic carbocycles. The molecule has 1 saturated heterocycles. The van der Waals surface area contributed by atoms with Gasteiger partial charge in [0.15, 0.2) is 0 Å². The van der Waals surface area contributed by atoms with E-state index in [1.807, 2.05) is 0 Å². The van der Waals surface area contributed by atoms with Crippen LogP contribution in [0.4, 0.5) is 0 Å². The van der Waals surface area contributed by atoms with Crippen molar-refractivity contribution in [2.45, 2.75) is 51.5 Å². The van der Waals surface area contributed by atoms with E-state index in [-0.39, 0.29) is 11.9 Å². The van der Waals surface area contributed by atoms with Gasteiger partial charge >= 0.3 is 0 Å². The molecule has 1 amide bonds. The van der Waals surface area contributed by atoms with Gasteiger partial charge in [-0.05, 0) is 25.3 Å². The van der Waals surface area contributed by atoms with Crippen molar-refractivity contribution in [3.63, 3.8) is 0 Å². The van der Waals surface area contributed by atoms with Crippen molar-refractivity contribution >= 4 is 5.91 Å². The number of hydrogen-bond donors (Lipinski definition) is 1. The molecule has 0 saturated carbocycles. The highest BCUT2D eigenvalue weighted by Gasteiger charge is 2.17. The Bertz CT molecular complexity index is 431. The first-order valence-electron chi connectivity index (χ1n) is 7.50. The summed E-state index contributed by atoms with van der Waals surface area (Å²) < 4.78 is 5.28.